The van der Waals surface area contributed by atoms with Crippen LogP contribution in [0.15, 0.2) is 47.0 Å². The van der Waals surface area contributed by atoms with Crippen LogP contribution in [0.5, 0.6) is 0 Å². The number of rotatable bonds is 3. The van der Waals surface area contributed by atoms with E-state index >= 15 is 0 Å². The Morgan fingerprint density at radius 1 is 1.00 bits per heavy atom. The molecule has 0 radical (unpaired) electrons. The van der Waals surface area contributed by atoms with Crippen LogP contribution < -0.4 is 34.7 Å². The number of halogens is 3. The number of hydrogen-bond acceptors (Lipinski definition) is 4. The van der Waals surface area contributed by atoms with Crippen LogP contribution in [-0.2, 0) is 0 Å². The topological polar surface area (TPSA) is 66.2 Å². The van der Waals surface area contributed by atoms with Crippen molar-refractivity contribution in [2.45, 2.75) is 0 Å². The SMILES string of the molecule is O=C([O-])c1ccccc1-c1ncc(-c2ccc(Cl)c(Cl)c2Cl)o1.[Na+]. The molecule has 0 aliphatic carbocycles. The van der Waals surface area contributed by atoms with Crippen molar-refractivity contribution in [1.29, 1.82) is 0 Å². The van der Waals surface area contributed by atoms with E-state index in [1.54, 1.807) is 30.3 Å². The molecule has 0 N–H and O–H groups in total. The van der Waals surface area contributed by atoms with Crippen LogP contribution >= 0.6 is 34.8 Å². The summed E-state index contributed by atoms with van der Waals surface area (Å²) in [5, 5.41) is 11.9. The van der Waals surface area contributed by atoms with E-state index in [0.717, 1.165) is 0 Å². The van der Waals surface area contributed by atoms with Crippen LogP contribution in [0.2, 0.25) is 15.1 Å². The van der Waals surface area contributed by atoms with Crippen molar-refractivity contribution >= 4 is 40.8 Å². The van der Waals surface area contributed by atoms with E-state index in [2.05, 4.69) is 4.98 Å². The van der Waals surface area contributed by atoms with Crippen LogP contribution in [0.25, 0.3) is 22.8 Å². The summed E-state index contributed by atoms with van der Waals surface area (Å²) in [6.45, 7) is 0. The van der Waals surface area contributed by atoms with Gasteiger partial charge in [0.15, 0.2) is 5.76 Å². The number of oxazole rings is 1. The number of nitrogens with zero attached hydrogens (tertiary/aromatic N) is 1. The van der Waals surface area contributed by atoms with Gasteiger partial charge in [0.05, 0.1) is 27.2 Å². The molecule has 0 bridgehead atoms. The molecule has 1 aromatic heterocycles. The molecule has 1 heterocycles. The number of carbonyl (C=O) groups excluding carboxylic acids is 1. The average molecular weight is 391 g/mol. The second-order valence-electron chi connectivity index (χ2n) is 4.59. The van der Waals surface area contributed by atoms with E-state index in [9.17, 15) is 9.90 Å². The molecule has 0 spiro atoms. The molecule has 0 fully saturated rings. The first kappa shape index (κ1) is 19.3. The van der Waals surface area contributed by atoms with Crippen molar-refractivity contribution in [2.75, 3.05) is 0 Å². The molecule has 0 aliphatic rings. The van der Waals surface area contributed by atoms with Gasteiger partial charge in [-0.15, -0.1) is 0 Å². The van der Waals surface area contributed by atoms with Gasteiger partial charge in [-0.3, -0.25) is 0 Å². The van der Waals surface area contributed by atoms with Crippen LogP contribution in [0, 0.1) is 0 Å². The van der Waals surface area contributed by atoms with Crippen molar-refractivity contribution < 1.29 is 43.9 Å². The van der Waals surface area contributed by atoms with Gasteiger partial charge in [-0.25, -0.2) is 4.98 Å². The number of aromatic carboxylic acids is 1. The number of hydrogen-bond donors (Lipinski definition) is 0. The molecule has 0 atom stereocenters. The van der Waals surface area contributed by atoms with Gasteiger partial charge in [0.1, 0.15) is 0 Å². The van der Waals surface area contributed by atoms with Crippen LogP contribution in [0.3, 0.4) is 0 Å². The maximum absolute atomic E-state index is 11.2. The summed E-state index contributed by atoms with van der Waals surface area (Å²) in [5.74, 6) is -0.827. The molecule has 2 aromatic carbocycles. The van der Waals surface area contributed by atoms with E-state index in [0.29, 0.717) is 21.9 Å². The zero-order valence-corrected chi connectivity index (χ0v) is 16.6. The van der Waals surface area contributed by atoms with Crippen molar-refractivity contribution in [1.82, 2.24) is 4.98 Å². The minimum Gasteiger partial charge on any atom is -0.545 e. The van der Waals surface area contributed by atoms with Gasteiger partial charge in [-0.2, -0.15) is 0 Å². The van der Waals surface area contributed by atoms with E-state index in [1.807, 2.05) is 0 Å². The van der Waals surface area contributed by atoms with Crippen molar-refractivity contribution in [3.8, 4) is 22.8 Å². The predicted molar refractivity (Wildman–Crippen MR) is 86.7 cm³/mol. The standard InChI is InChI=1S/C16H8Cl3NO3.Na/c17-11-6-5-10(13(18)14(11)19)12-7-20-15(23-12)8-3-1-2-4-9(8)16(21)22;/h1-7H,(H,21,22);/q;+1/p-1. The van der Waals surface area contributed by atoms with Gasteiger partial charge in [-0.05, 0) is 18.2 Å². The monoisotopic (exact) mass is 389 g/mol. The summed E-state index contributed by atoms with van der Waals surface area (Å²) in [6.07, 6.45) is 1.44. The Bertz CT molecular complexity index is 911. The molecule has 24 heavy (non-hydrogen) atoms. The van der Waals surface area contributed by atoms with Gasteiger partial charge >= 0.3 is 29.6 Å². The zero-order chi connectivity index (χ0) is 16.6. The van der Waals surface area contributed by atoms with Crippen molar-refractivity contribution in [3.63, 3.8) is 0 Å². The first-order valence-corrected chi connectivity index (χ1v) is 7.53. The first-order valence-electron chi connectivity index (χ1n) is 6.39. The van der Waals surface area contributed by atoms with Crippen molar-refractivity contribution in [2.24, 2.45) is 0 Å². The Balaban J connectivity index is 0.00000208. The van der Waals surface area contributed by atoms with E-state index < -0.39 is 5.97 Å². The van der Waals surface area contributed by atoms with Gasteiger partial charge in [-0.1, -0.05) is 53.0 Å². The predicted octanol–water partition coefficient (Wildman–Crippen LogP) is 1.34. The molecule has 0 amide bonds. The molecule has 0 aliphatic heterocycles. The fourth-order valence-corrected chi connectivity index (χ4v) is 2.72. The molecule has 0 saturated carbocycles. The third-order valence-corrected chi connectivity index (χ3v) is 4.48. The van der Waals surface area contributed by atoms with Gasteiger partial charge in [0.25, 0.3) is 0 Å². The van der Waals surface area contributed by atoms with E-state index in [-0.39, 0.29) is 51.1 Å². The Morgan fingerprint density at radius 3 is 2.42 bits per heavy atom. The minimum absolute atomic E-state index is 0. The summed E-state index contributed by atoms with van der Waals surface area (Å²) in [5.41, 5.74) is 0.807. The number of carboxylic acid groups (broad SMARTS) is 1. The Labute approximate surface area is 174 Å². The second kappa shape index (κ2) is 7.91. The van der Waals surface area contributed by atoms with Gasteiger partial charge < -0.3 is 14.3 Å². The van der Waals surface area contributed by atoms with E-state index in [4.69, 9.17) is 39.2 Å². The Hall–Kier alpha value is -1.01. The summed E-state index contributed by atoms with van der Waals surface area (Å²) in [7, 11) is 0. The van der Waals surface area contributed by atoms with Crippen molar-refractivity contribution in [3.05, 3.63) is 63.2 Å². The molecule has 0 saturated heterocycles. The number of carboxylic acids is 1. The fraction of sp³-hybridized carbons (Fsp3) is 0. The molecular weight excluding hydrogens is 384 g/mol. The molecule has 116 valence electrons. The fourth-order valence-electron chi connectivity index (χ4n) is 2.09. The van der Waals surface area contributed by atoms with Crippen LogP contribution in [-0.4, -0.2) is 11.0 Å². The third-order valence-electron chi connectivity index (χ3n) is 3.18. The Kier molecular flexibility index (Phi) is 6.37. The molecule has 8 heteroatoms. The summed E-state index contributed by atoms with van der Waals surface area (Å²) in [4.78, 5) is 15.3. The van der Waals surface area contributed by atoms with Crippen LogP contribution in [0.1, 0.15) is 10.4 Å². The smallest absolute Gasteiger partial charge is 0.545 e. The quantitative estimate of drug-likeness (QED) is 0.500. The van der Waals surface area contributed by atoms with Crippen LogP contribution in [0.4, 0.5) is 0 Å². The summed E-state index contributed by atoms with van der Waals surface area (Å²) in [6, 6.07) is 9.50. The maximum Gasteiger partial charge on any atom is 1.00 e. The number of benzene rings is 2. The summed E-state index contributed by atoms with van der Waals surface area (Å²) < 4.78 is 5.63. The average Bonchev–Trinajstić information content (AvgIpc) is 3.02. The Morgan fingerprint density at radius 2 is 1.71 bits per heavy atom. The minimum atomic E-state index is -1.31. The summed E-state index contributed by atoms with van der Waals surface area (Å²) >= 11 is 18.1. The van der Waals surface area contributed by atoms with E-state index in [1.165, 1.54) is 12.3 Å². The molecule has 0 unspecified atom stereocenters. The molecule has 3 aromatic rings. The van der Waals surface area contributed by atoms with Gasteiger partial charge in [0, 0.05) is 16.7 Å². The molecule has 4 nitrogen and oxygen atoms in total. The first-order chi connectivity index (χ1) is 11.0. The normalized spacial score (nSPS) is 10.3. The van der Waals surface area contributed by atoms with Gasteiger partial charge in [0.2, 0.25) is 5.89 Å². The number of carbonyl (C=O) groups is 1. The zero-order valence-electron chi connectivity index (χ0n) is 12.3. The maximum atomic E-state index is 11.2. The number of aromatic nitrogens is 1. The third kappa shape index (κ3) is 3.64. The second-order valence-corrected chi connectivity index (χ2v) is 5.75. The molecular formula is C16H7Cl3NNaO3. The molecule has 3 rings (SSSR count). The largest absolute Gasteiger partial charge is 1.00 e.